The summed E-state index contributed by atoms with van der Waals surface area (Å²) in [6, 6.07) is 6.06. The lowest BCUT2D eigenvalue weighted by Gasteiger charge is -2.22. The second-order valence-corrected chi connectivity index (χ2v) is 6.59. The molecule has 1 aliphatic carbocycles. The van der Waals surface area contributed by atoms with Gasteiger partial charge in [0.05, 0.1) is 5.39 Å². The van der Waals surface area contributed by atoms with E-state index in [0.717, 1.165) is 36.8 Å². The van der Waals surface area contributed by atoms with E-state index in [1.165, 1.54) is 0 Å². The minimum Gasteiger partial charge on any atom is -0.454 e. The maximum absolute atomic E-state index is 12.3. The SMILES string of the molecule is O=C(COC(=O)Cn1nnc2ccccc2c1=O)NC(=O)NC1CCCCC1. The van der Waals surface area contributed by atoms with Gasteiger partial charge < -0.3 is 10.1 Å². The van der Waals surface area contributed by atoms with Gasteiger partial charge in [-0.05, 0) is 25.0 Å². The number of hydrogen-bond donors (Lipinski definition) is 2. The Kier molecular flexibility index (Phi) is 6.30. The number of nitrogens with one attached hydrogen (secondary N) is 2. The molecule has 0 saturated heterocycles. The normalized spacial score (nSPS) is 14.4. The molecule has 0 radical (unpaired) electrons. The van der Waals surface area contributed by atoms with Crippen LogP contribution in [0.15, 0.2) is 29.1 Å². The van der Waals surface area contributed by atoms with Gasteiger partial charge in [-0.2, -0.15) is 4.68 Å². The fraction of sp³-hybridized carbons (Fsp3) is 0.444. The van der Waals surface area contributed by atoms with Crippen LogP contribution in [0.5, 0.6) is 0 Å². The van der Waals surface area contributed by atoms with Crippen molar-refractivity contribution in [2.24, 2.45) is 0 Å². The van der Waals surface area contributed by atoms with Crippen LogP contribution in [0.25, 0.3) is 10.9 Å². The van der Waals surface area contributed by atoms with Crippen molar-refractivity contribution in [3.05, 3.63) is 34.6 Å². The standard InChI is InChI=1S/C18H21N5O5/c24-15(20-18(27)19-12-6-2-1-3-7-12)11-28-16(25)10-23-17(26)13-8-4-5-9-14(13)21-22-23/h4-5,8-9,12H,1-3,6-7,10-11H2,(H2,19,20,24,27). The minimum atomic E-state index is -0.838. The number of nitrogens with zero attached hydrogens (tertiary/aromatic N) is 3. The zero-order valence-corrected chi connectivity index (χ0v) is 15.2. The highest BCUT2D eigenvalue weighted by Crippen LogP contribution is 2.17. The second kappa shape index (κ2) is 9.07. The fourth-order valence-corrected chi connectivity index (χ4v) is 3.07. The summed E-state index contributed by atoms with van der Waals surface area (Å²) in [6.45, 7) is -1.12. The zero-order valence-electron chi connectivity index (χ0n) is 15.2. The first-order chi connectivity index (χ1) is 13.5. The molecule has 1 saturated carbocycles. The first-order valence-electron chi connectivity index (χ1n) is 9.11. The highest BCUT2D eigenvalue weighted by Gasteiger charge is 2.18. The number of fused-ring (bicyclic) bond motifs is 1. The van der Waals surface area contributed by atoms with Crippen LogP contribution in [0.2, 0.25) is 0 Å². The van der Waals surface area contributed by atoms with E-state index in [1.54, 1.807) is 24.3 Å². The molecule has 10 nitrogen and oxygen atoms in total. The van der Waals surface area contributed by atoms with Gasteiger partial charge in [0.15, 0.2) is 6.61 Å². The van der Waals surface area contributed by atoms with Gasteiger partial charge in [0.2, 0.25) is 0 Å². The molecular weight excluding hydrogens is 366 g/mol. The van der Waals surface area contributed by atoms with Crippen molar-refractivity contribution < 1.29 is 19.1 Å². The number of aromatic nitrogens is 3. The fourth-order valence-electron chi connectivity index (χ4n) is 3.07. The van der Waals surface area contributed by atoms with E-state index in [0.29, 0.717) is 10.9 Å². The molecule has 148 valence electrons. The monoisotopic (exact) mass is 387 g/mol. The maximum atomic E-state index is 12.3. The summed E-state index contributed by atoms with van der Waals surface area (Å²) in [5, 5.41) is 12.7. The number of imide groups is 1. The molecule has 0 spiro atoms. The average Bonchev–Trinajstić information content (AvgIpc) is 2.69. The number of amides is 3. The van der Waals surface area contributed by atoms with Crippen LogP contribution in [-0.4, -0.2) is 45.6 Å². The van der Waals surface area contributed by atoms with Crippen molar-refractivity contribution >= 4 is 28.8 Å². The Morgan fingerprint density at radius 3 is 2.68 bits per heavy atom. The van der Waals surface area contributed by atoms with Gasteiger partial charge in [0, 0.05) is 6.04 Å². The second-order valence-electron chi connectivity index (χ2n) is 6.59. The highest BCUT2D eigenvalue weighted by atomic mass is 16.5. The molecule has 1 fully saturated rings. The third-order valence-electron chi connectivity index (χ3n) is 4.47. The van der Waals surface area contributed by atoms with Gasteiger partial charge in [0.1, 0.15) is 12.1 Å². The van der Waals surface area contributed by atoms with E-state index in [2.05, 4.69) is 20.9 Å². The van der Waals surface area contributed by atoms with Crippen LogP contribution >= 0.6 is 0 Å². The molecule has 2 aromatic rings. The molecule has 1 aromatic carbocycles. The van der Waals surface area contributed by atoms with E-state index >= 15 is 0 Å². The number of esters is 1. The molecule has 0 bridgehead atoms. The van der Waals surface area contributed by atoms with E-state index in [4.69, 9.17) is 4.74 Å². The molecule has 28 heavy (non-hydrogen) atoms. The van der Waals surface area contributed by atoms with Crippen LogP contribution < -0.4 is 16.2 Å². The Morgan fingerprint density at radius 2 is 1.89 bits per heavy atom. The molecule has 0 unspecified atom stereocenters. The molecule has 10 heteroatoms. The van der Waals surface area contributed by atoms with Crippen LogP contribution in [0.1, 0.15) is 32.1 Å². The topological polar surface area (TPSA) is 132 Å². The Hall–Kier alpha value is -3.30. The summed E-state index contributed by atoms with van der Waals surface area (Å²) in [7, 11) is 0. The predicted octanol–water partition coefficient (Wildman–Crippen LogP) is 0.493. The van der Waals surface area contributed by atoms with Crippen LogP contribution in [0, 0.1) is 0 Å². The number of carbonyl (C=O) groups excluding carboxylic acids is 3. The maximum Gasteiger partial charge on any atom is 0.328 e. The molecular formula is C18H21N5O5. The molecule has 1 aliphatic rings. The van der Waals surface area contributed by atoms with Gasteiger partial charge in [-0.15, -0.1) is 5.10 Å². The largest absolute Gasteiger partial charge is 0.454 e. The summed E-state index contributed by atoms with van der Waals surface area (Å²) in [6.07, 6.45) is 5.02. The third-order valence-corrected chi connectivity index (χ3v) is 4.47. The number of urea groups is 1. The van der Waals surface area contributed by atoms with E-state index < -0.39 is 36.6 Å². The number of ether oxygens (including phenoxy) is 1. The molecule has 1 aromatic heterocycles. The molecule has 1 heterocycles. The summed E-state index contributed by atoms with van der Waals surface area (Å²) in [5.41, 5.74) is -0.0701. The van der Waals surface area contributed by atoms with Gasteiger partial charge in [-0.1, -0.05) is 36.6 Å². The molecule has 3 rings (SSSR count). The highest BCUT2D eigenvalue weighted by molar-refractivity contribution is 5.95. The van der Waals surface area contributed by atoms with Crippen molar-refractivity contribution in [1.29, 1.82) is 0 Å². The summed E-state index contributed by atoms with van der Waals surface area (Å²) in [4.78, 5) is 47.7. The van der Waals surface area contributed by atoms with Crippen molar-refractivity contribution in [2.45, 2.75) is 44.7 Å². The van der Waals surface area contributed by atoms with Gasteiger partial charge >= 0.3 is 12.0 Å². The lowest BCUT2D eigenvalue weighted by molar-refractivity contribution is -0.149. The summed E-state index contributed by atoms with van der Waals surface area (Å²) in [5.74, 6) is -1.59. The van der Waals surface area contributed by atoms with Crippen molar-refractivity contribution in [3.63, 3.8) is 0 Å². The van der Waals surface area contributed by atoms with Gasteiger partial charge in [0.25, 0.3) is 11.5 Å². The van der Waals surface area contributed by atoms with Gasteiger partial charge in [-0.3, -0.25) is 19.7 Å². The third kappa shape index (κ3) is 5.12. The van der Waals surface area contributed by atoms with Crippen LogP contribution in [0.4, 0.5) is 4.79 Å². The quantitative estimate of drug-likeness (QED) is 0.714. The van der Waals surface area contributed by atoms with Crippen LogP contribution in [0.3, 0.4) is 0 Å². The molecule has 0 aliphatic heterocycles. The van der Waals surface area contributed by atoms with E-state index in [1.807, 2.05) is 0 Å². The van der Waals surface area contributed by atoms with Crippen molar-refractivity contribution in [3.8, 4) is 0 Å². The Labute approximate surface area is 160 Å². The summed E-state index contributed by atoms with van der Waals surface area (Å²) >= 11 is 0. The van der Waals surface area contributed by atoms with Crippen molar-refractivity contribution in [1.82, 2.24) is 25.6 Å². The molecule has 0 atom stereocenters. The number of carbonyl (C=O) groups is 3. The number of hydrogen-bond acceptors (Lipinski definition) is 7. The first kappa shape index (κ1) is 19.5. The Balaban J connectivity index is 1.46. The number of rotatable bonds is 5. The molecule has 2 N–H and O–H groups in total. The molecule has 3 amide bonds. The van der Waals surface area contributed by atoms with Crippen LogP contribution in [-0.2, 0) is 20.9 Å². The zero-order chi connectivity index (χ0) is 19.9. The van der Waals surface area contributed by atoms with Gasteiger partial charge in [-0.25, -0.2) is 4.79 Å². The smallest absolute Gasteiger partial charge is 0.328 e. The number of benzene rings is 1. The Morgan fingerprint density at radius 1 is 1.14 bits per heavy atom. The lowest BCUT2D eigenvalue weighted by atomic mass is 9.96. The van der Waals surface area contributed by atoms with Crippen molar-refractivity contribution in [2.75, 3.05) is 6.61 Å². The van der Waals surface area contributed by atoms with E-state index in [9.17, 15) is 19.2 Å². The predicted molar refractivity (Wildman–Crippen MR) is 98.3 cm³/mol. The summed E-state index contributed by atoms with van der Waals surface area (Å²) < 4.78 is 5.67. The average molecular weight is 387 g/mol. The first-order valence-corrected chi connectivity index (χ1v) is 9.11. The Bertz CT molecular complexity index is 935. The minimum absolute atomic E-state index is 0.0578. The van der Waals surface area contributed by atoms with E-state index in [-0.39, 0.29) is 6.04 Å². The lowest BCUT2D eigenvalue weighted by Crippen LogP contribution is -2.46.